The molecule has 284 valence electrons. The quantitative estimate of drug-likeness (QED) is 0.0977. The summed E-state index contributed by atoms with van der Waals surface area (Å²) in [4.78, 5) is 18.6. The summed E-state index contributed by atoms with van der Waals surface area (Å²) in [6.45, 7) is 22.8. The summed E-state index contributed by atoms with van der Waals surface area (Å²) in [6, 6.07) is 15.2. The van der Waals surface area contributed by atoms with Gasteiger partial charge in [-0.25, -0.2) is 0 Å². The number of carbonyl (C=O) groups is 1. The molecule has 3 aromatic carbocycles. The standard InChI is InChI=1S/C48H74O2S/c1-11-21-36-30-39(24-14-4)46(40(31-36)25-15-5)51(50-45(49)20-10,47-41(26-16-6)32-37(22-12-2)33-42(47)27-17-7)48-43(28-18-8)34-38(23-13-3)35-44(48)29-19-9/h30-35H,11-29H2,1-10H3. The van der Waals surface area contributed by atoms with Crippen LogP contribution in [0.3, 0.4) is 0 Å². The average molecular weight is 715 g/mol. The van der Waals surface area contributed by atoms with Gasteiger partial charge in [-0.1, -0.05) is 163 Å². The van der Waals surface area contributed by atoms with Gasteiger partial charge in [-0.15, -0.1) is 0 Å². The third-order valence-corrected chi connectivity index (χ3v) is 13.7. The van der Waals surface area contributed by atoms with Crippen molar-refractivity contribution >= 4 is 16.3 Å². The van der Waals surface area contributed by atoms with Crippen molar-refractivity contribution in [2.24, 2.45) is 0 Å². The Bertz CT molecular complexity index is 1280. The molecule has 51 heavy (non-hydrogen) atoms. The molecule has 0 aliphatic rings. The van der Waals surface area contributed by atoms with Gasteiger partial charge in [-0.05, 0) is 118 Å². The maximum Gasteiger partial charge on any atom is 0.316 e. The van der Waals surface area contributed by atoms with E-state index in [-0.39, 0.29) is 5.97 Å². The molecule has 0 fully saturated rings. The van der Waals surface area contributed by atoms with E-state index >= 15 is 0 Å². The molecule has 0 N–H and O–H groups in total. The first-order valence-corrected chi connectivity index (χ1v) is 22.8. The summed E-state index contributed by atoms with van der Waals surface area (Å²) in [5.41, 5.74) is 12.8. The zero-order valence-corrected chi connectivity index (χ0v) is 35.4. The third kappa shape index (κ3) is 10.3. The molecule has 0 radical (unpaired) electrons. The largest absolute Gasteiger partial charge is 0.402 e. The predicted molar refractivity (Wildman–Crippen MR) is 224 cm³/mol. The van der Waals surface area contributed by atoms with Crippen LogP contribution in [-0.2, 0) is 66.8 Å². The van der Waals surface area contributed by atoms with Crippen molar-refractivity contribution < 1.29 is 8.98 Å². The Labute approximate surface area is 316 Å². The van der Waals surface area contributed by atoms with Gasteiger partial charge < -0.3 is 4.18 Å². The highest BCUT2D eigenvalue weighted by Crippen LogP contribution is 2.74. The van der Waals surface area contributed by atoms with Gasteiger partial charge in [0.1, 0.15) is 0 Å². The van der Waals surface area contributed by atoms with Crippen molar-refractivity contribution in [3.8, 4) is 0 Å². The van der Waals surface area contributed by atoms with Crippen LogP contribution in [0.5, 0.6) is 0 Å². The molecule has 3 aromatic rings. The van der Waals surface area contributed by atoms with Crippen LogP contribution in [0.1, 0.15) is 184 Å². The number of carbonyl (C=O) groups excluding carboxylic acids is 1. The maximum absolute atomic E-state index is 14.5. The van der Waals surface area contributed by atoms with Crippen LogP contribution in [0.2, 0.25) is 0 Å². The molecule has 0 aromatic heterocycles. The Hall–Kier alpha value is -2.52. The van der Waals surface area contributed by atoms with E-state index in [2.05, 4.69) is 98.7 Å². The van der Waals surface area contributed by atoms with Crippen molar-refractivity contribution in [2.75, 3.05) is 0 Å². The Morgan fingerprint density at radius 3 is 0.784 bits per heavy atom. The van der Waals surface area contributed by atoms with Gasteiger partial charge in [0.05, 0.1) is 0 Å². The fourth-order valence-electron chi connectivity index (χ4n) is 8.25. The lowest BCUT2D eigenvalue weighted by Crippen LogP contribution is -2.22. The van der Waals surface area contributed by atoms with Crippen LogP contribution < -0.4 is 0 Å². The molecule has 0 amide bonds. The van der Waals surface area contributed by atoms with Crippen LogP contribution in [0, 0.1) is 0 Å². The number of benzene rings is 3. The fourth-order valence-corrected chi connectivity index (χ4v) is 12.7. The molecular weight excluding hydrogens is 641 g/mol. The number of hydrogen-bond acceptors (Lipinski definition) is 2. The molecule has 2 nitrogen and oxygen atoms in total. The summed E-state index contributed by atoms with van der Waals surface area (Å²) in [7, 11) is -2.51. The summed E-state index contributed by atoms with van der Waals surface area (Å²) in [5.74, 6) is -0.0717. The highest BCUT2D eigenvalue weighted by atomic mass is 32.3. The van der Waals surface area contributed by atoms with Gasteiger partial charge in [-0.2, -0.15) is 0 Å². The monoisotopic (exact) mass is 715 g/mol. The predicted octanol–water partition coefficient (Wildman–Crippen LogP) is 14.4. The van der Waals surface area contributed by atoms with Gasteiger partial charge in [-0.3, -0.25) is 4.79 Å². The molecule has 0 saturated carbocycles. The van der Waals surface area contributed by atoms with E-state index in [0.29, 0.717) is 6.42 Å². The zero-order chi connectivity index (χ0) is 37.4. The van der Waals surface area contributed by atoms with E-state index in [1.165, 1.54) is 64.8 Å². The molecule has 0 unspecified atom stereocenters. The number of aryl methyl sites for hydroxylation is 9. The molecule has 0 bridgehead atoms. The minimum atomic E-state index is -2.51. The summed E-state index contributed by atoms with van der Waals surface area (Å²) in [5, 5.41) is 0. The molecule has 0 aliphatic heterocycles. The van der Waals surface area contributed by atoms with Crippen molar-refractivity contribution in [2.45, 2.75) is 206 Å². The van der Waals surface area contributed by atoms with Gasteiger partial charge in [0.25, 0.3) is 0 Å². The highest BCUT2D eigenvalue weighted by Gasteiger charge is 2.44. The Balaban J connectivity index is 2.91. The van der Waals surface area contributed by atoms with Gasteiger partial charge >= 0.3 is 5.97 Å². The Kier molecular flexibility index (Phi) is 18.4. The Morgan fingerprint density at radius 2 is 0.608 bits per heavy atom. The molecular formula is C48H74O2S. The first-order chi connectivity index (χ1) is 24.8. The Morgan fingerprint density at radius 1 is 0.392 bits per heavy atom. The summed E-state index contributed by atoms with van der Waals surface area (Å²) in [6.07, 6.45) is 19.3. The number of rotatable bonds is 23. The topological polar surface area (TPSA) is 26.3 Å². The minimum Gasteiger partial charge on any atom is -0.402 e. The van der Waals surface area contributed by atoms with Crippen LogP contribution in [0.15, 0.2) is 51.1 Å². The first kappa shape index (κ1) is 42.9. The lowest BCUT2D eigenvalue weighted by atomic mass is 9.97. The van der Waals surface area contributed by atoms with E-state index in [1.807, 2.05) is 6.92 Å². The molecule has 3 heteroatoms. The lowest BCUT2D eigenvalue weighted by molar-refractivity contribution is -0.133. The average Bonchev–Trinajstić information content (AvgIpc) is 3.09. The smallest absolute Gasteiger partial charge is 0.316 e. The summed E-state index contributed by atoms with van der Waals surface area (Å²) >= 11 is 0. The highest BCUT2D eigenvalue weighted by molar-refractivity contribution is 8.30. The van der Waals surface area contributed by atoms with Gasteiger partial charge in [0.15, 0.2) is 0 Å². The van der Waals surface area contributed by atoms with E-state index in [9.17, 15) is 4.79 Å². The van der Waals surface area contributed by atoms with Crippen LogP contribution >= 0.6 is 10.3 Å². The van der Waals surface area contributed by atoms with Crippen molar-refractivity contribution in [1.82, 2.24) is 0 Å². The van der Waals surface area contributed by atoms with Gasteiger partial charge in [0, 0.05) is 21.1 Å². The minimum absolute atomic E-state index is 0.0717. The molecule has 0 heterocycles. The molecule has 0 aliphatic carbocycles. The van der Waals surface area contributed by atoms with Crippen molar-refractivity contribution in [3.63, 3.8) is 0 Å². The normalized spacial score (nSPS) is 12.0. The lowest BCUT2D eigenvalue weighted by Gasteiger charge is -2.47. The van der Waals surface area contributed by atoms with Gasteiger partial charge in [0.2, 0.25) is 0 Å². The SMILES string of the molecule is CCCc1cc(CCC)c(S(OC(=O)CC)(c2c(CCC)cc(CCC)cc2CCC)c2c(CCC)cc(CCC)cc2CCC)c(CCC)c1. The van der Waals surface area contributed by atoms with Crippen molar-refractivity contribution in [1.29, 1.82) is 0 Å². The zero-order valence-electron chi connectivity index (χ0n) is 34.6. The fraction of sp³-hybridized carbons (Fsp3) is 0.604. The molecule has 0 atom stereocenters. The maximum atomic E-state index is 14.5. The van der Waals surface area contributed by atoms with Crippen LogP contribution in [0.4, 0.5) is 0 Å². The molecule has 3 rings (SSSR count). The van der Waals surface area contributed by atoms with E-state index < -0.39 is 10.3 Å². The van der Waals surface area contributed by atoms with Crippen LogP contribution in [0.25, 0.3) is 0 Å². The first-order valence-electron chi connectivity index (χ1n) is 21.3. The van der Waals surface area contributed by atoms with E-state index in [4.69, 9.17) is 4.18 Å². The van der Waals surface area contributed by atoms with Crippen LogP contribution in [-0.4, -0.2) is 5.97 Å². The second-order valence-electron chi connectivity index (χ2n) is 14.8. The molecule has 0 spiro atoms. The van der Waals surface area contributed by atoms with E-state index in [0.717, 1.165) is 116 Å². The second-order valence-corrected chi connectivity index (χ2v) is 17.3. The third-order valence-electron chi connectivity index (χ3n) is 10.0. The van der Waals surface area contributed by atoms with E-state index in [1.54, 1.807) is 0 Å². The second kappa shape index (κ2) is 21.9. The number of hydrogen-bond donors (Lipinski definition) is 0. The summed E-state index contributed by atoms with van der Waals surface area (Å²) < 4.78 is 7.61. The van der Waals surface area contributed by atoms with Crippen molar-refractivity contribution in [3.05, 3.63) is 86.5 Å². The molecule has 0 saturated heterocycles.